The number of aromatic nitrogens is 3. The molecule has 2 saturated heterocycles. The molecular weight excluding hydrogens is 753 g/mol. The van der Waals surface area contributed by atoms with Gasteiger partial charge in [0.25, 0.3) is 5.91 Å². The molecule has 7 rings (SSSR count). The number of aromatic amines is 1. The minimum Gasteiger partial charge on any atom is -0.534 e. The molecule has 2 fully saturated rings. The lowest BCUT2D eigenvalue weighted by Gasteiger charge is -2.36. The van der Waals surface area contributed by atoms with Crippen LogP contribution in [0.4, 0.5) is 18.4 Å². The van der Waals surface area contributed by atoms with Crippen molar-refractivity contribution in [3.05, 3.63) is 75.3 Å². The molecule has 3 aromatic carbocycles. The summed E-state index contributed by atoms with van der Waals surface area (Å²) in [6.45, 7) is 0.637. The fourth-order valence-corrected chi connectivity index (χ4v) is 7.22. The number of halogens is 3. The number of hydrogen-bond donors (Lipinski definition) is 7. The van der Waals surface area contributed by atoms with Crippen molar-refractivity contribution in [1.82, 2.24) is 40.7 Å². The number of aromatic hydroxyl groups is 2. The van der Waals surface area contributed by atoms with Crippen LogP contribution in [0.5, 0.6) is 17.2 Å². The number of amides is 6. The second-order valence-corrected chi connectivity index (χ2v) is 13.5. The molecule has 22 heteroatoms. The predicted molar refractivity (Wildman–Crippen MR) is 185 cm³/mol. The van der Waals surface area contributed by atoms with Crippen LogP contribution < -0.4 is 15.3 Å². The van der Waals surface area contributed by atoms with E-state index in [1.54, 1.807) is 23.1 Å². The first-order chi connectivity index (χ1) is 26.2. The van der Waals surface area contributed by atoms with Gasteiger partial charge in [-0.3, -0.25) is 14.7 Å². The maximum Gasteiger partial charge on any atom is 0.547 e. The van der Waals surface area contributed by atoms with E-state index in [2.05, 4.69) is 26.0 Å². The molecule has 0 bridgehead atoms. The summed E-state index contributed by atoms with van der Waals surface area (Å²) >= 11 is 6.20. The summed E-state index contributed by atoms with van der Waals surface area (Å²) in [5.74, 6) is -9.74. The Kier molecular flexibility index (Phi) is 9.82. The van der Waals surface area contributed by atoms with Gasteiger partial charge in [-0.2, -0.15) is 0 Å². The molecule has 3 aliphatic heterocycles. The number of phenols is 2. The van der Waals surface area contributed by atoms with Crippen molar-refractivity contribution in [2.75, 3.05) is 26.2 Å². The third-order valence-electron chi connectivity index (χ3n) is 9.84. The highest BCUT2D eigenvalue weighted by Gasteiger charge is 2.43. The molecule has 1 aromatic heterocycles. The summed E-state index contributed by atoms with van der Waals surface area (Å²) in [6, 6.07) is 3.53. The zero-order chi connectivity index (χ0) is 39.3. The number of likely N-dealkylation sites (tertiary alicyclic amines) is 1. The van der Waals surface area contributed by atoms with Crippen molar-refractivity contribution in [2.24, 2.45) is 0 Å². The third kappa shape index (κ3) is 6.87. The number of piperidine rings is 1. The van der Waals surface area contributed by atoms with Gasteiger partial charge in [0.2, 0.25) is 5.91 Å². The zero-order valence-corrected chi connectivity index (χ0v) is 29.1. The van der Waals surface area contributed by atoms with Crippen LogP contribution in [-0.2, 0) is 11.2 Å². The Morgan fingerprint density at radius 2 is 1.76 bits per heavy atom. The molecule has 18 nitrogen and oxygen atoms in total. The normalized spacial score (nSPS) is 17.9. The van der Waals surface area contributed by atoms with Gasteiger partial charge >= 0.3 is 25.1 Å². The first kappa shape index (κ1) is 37.1. The van der Waals surface area contributed by atoms with E-state index in [1.165, 1.54) is 11.0 Å². The first-order valence-electron chi connectivity index (χ1n) is 16.8. The predicted octanol–water partition coefficient (Wildman–Crippen LogP) is 1.93. The molecular formula is C33H30BClF2N8O10. The molecule has 1 unspecified atom stereocenters. The number of phenolic OH excluding ortho intramolecular Hbond substituents is 2. The summed E-state index contributed by atoms with van der Waals surface area (Å²) in [5.41, 5.74) is 0.380. The minimum absolute atomic E-state index is 0.104. The number of benzene rings is 3. The van der Waals surface area contributed by atoms with E-state index >= 15 is 0 Å². The number of fused-ring (bicyclic) bond motifs is 2. The molecule has 0 radical (unpaired) electrons. The van der Waals surface area contributed by atoms with Crippen LogP contribution in [0.3, 0.4) is 0 Å². The maximum atomic E-state index is 14.7. The summed E-state index contributed by atoms with van der Waals surface area (Å²) in [4.78, 5) is 69.8. The lowest BCUT2D eigenvalue weighted by molar-refractivity contribution is -0.123. The molecule has 4 aromatic rings. The number of carboxylic acids is 1. The SMILES string of the molecule is O=C(O)c1c(F)ccc2c1OB(O)[C@@H](NC(=O)C(NC(=O)N1CCN(C3CCN(C(=O)c4ccc5[nH]nnc5c4)CC3)C1=O)c1cc(F)c(O)c(O)c1Cl)C2. The fraction of sp³-hybridized carbons (Fsp3) is 0.303. The molecule has 6 amide bonds. The number of nitrogens with zero attached hydrogens (tertiary/aromatic N) is 5. The summed E-state index contributed by atoms with van der Waals surface area (Å²) in [5, 5.41) is 54.7. The van der Waals surface area contributed by atoms with Crippen LogP contribution in [0.2, 0.25) is 5.02 Å². The van der Waals surface area contributed by atoms with Crippen LogP contribution in [0.15, 0.2) is 36.4 Å². The van der Waals surface area contributed by atoms with Crippen LogP contribution in [-0.4, -0.2) is 126 Å². The van der Waals surface area contributed by atoms with Crippen molar-refractivity contribution in [3.8, 4) is 17.2 Å². The van der Waals surface area contributed by atoms with Gasteiger partial charge in [0.05, 0.1) is 16.5 Å². The van der Waals surface area contributed by atoms with Crippen molar-refractivity contribution in [3.63, 3.8) is 0 Å². The number of urea groups is 2. The van der Waals surface area contributed by atoms with Crippen LogP contribution in [0.25, 0.3) is 11.0 Å². The average molecular weight is 783 g/mol. The Morgan fingerprint density at radius 3 is 2.49 bits per heavy atom. The second kappa shape index (κ2) is 14.6. The number of carboxylic acid groups (broad SMARTS) is 1. The van der Waals surface area contributed by atoms with E-state index in [1.807, 2.05) is 0 Å². The fourth-order valence-electron chi connectivity index (χ4n) is 6.96. The average Bonchev–Trinajstić information content (AvgIpc) is 3.80. The molecule has 0 aliphatic carbocycles. The Morgan fingerprint density at radius 1 is 1.02 bits per heavy atom. The highest BCUT2D eigenvalue weighted by atomic mass is 35.5. The van der Waals surface area contributed by atoms with E-state index in [4.69, 9.17) is 16.3 Å². The number of hydrogen-bond acceptors (Lipinski definition) is 11. The Hall–Kier alpha value is -6.22. The van der Waals surface area contributed by atoms with Crippen molar-refractivity contribution in [1.29, 1.82) is 0 Å². The number of nitrogens with one attached hydrogen (secondary N) is 3. The summed E-state index contributed by atoms with van der Waals surface area (Å²) < 4.78 is 34.2. The van der Waals surface area contributed by atoms with Crippen LogP contribution >= 0.6 is 11.6 Å². The quantitative estimate of drug-likeness (QED) is 0.105. The van der Waals surface area contributed by atoms with Gasteiger partial charge in [0.15, 0.2) is 17.3 Å². The van der Waals surface area contributed by atoms with Gasteiger partial charge in [-0.1, -0.05) is 22.9 Å². The van der Waals surface area contributed by atoms with Gasteiger partial charge in [-0.25, -0.2) is 28.1 Å². The molecule has 0 saturated carbocycles. The molecule has 2 atom stereocenters. The third-order valence-corrected chi connectivity index (χ3v) is 10.2. The van der Waals surface area contributed by atoms with Crippen molar-refractivity contribution >= 4 is 59.6 Å². The Bertz CT molecular complexity index is 2260. The van der Waals surface area contributed by atoms with Crippen molar-refractivity contribution in [2.45, 2.75) is 37.3 Å². The lowest BCUT2D eigenvalue weighted by atomic mass is 9.72. The first-order valence-corrected chi connectivity index (χ1v) is 17.2. The van der Waals surface area contributed by atoms with Crippen molar-refractivity contribution < 1.29 is 57.8 Å². The molecule has 7 N–H and O–H groups in total. The zero-order valence-electron chi connectivity index (χ0n) is 28.3. The van der Waals surface area contributed by atoms with Gasteiger partial charge < -0.3 is 45.4 Å². The van der Waals surface area contributed by atoms with Gasteiger partial charge in [0, 0.05) is 43.3 Å². The van der Waals surface area contributed by atoms with E-state index in [-0.39, 0.29) is 37.0 Å². The highest BCUT2D eigenvalue weighted by Crippen LogP contribution is 2.41. The van der Waals surface area contributed by atoms with Crippen LogP contribution in [0, 0.1) is 11.6 Å². The summed E-state index contributed by atoms with van der Waals surface area (Å²) in [6.07, 6.45) is 0.524. The number of imide groups is 1. The standard InChI is InChI=1S/C33H30BClF2N8O10/c35-24-17(13-19(37)26(46)27(24)47)25(29(48)38-22-12-14-1-3-18(36)23(31(50)51)28(14)55-34(22)54)39-32(52)45-10-9-44(33(45)53)16-5-7-43(8-6-16)30(49)15-2-4-20-21(11-15)41-42-40-20/h1-4,11,13,16,22,25,46-47,54H,5-10,12H2,(H,38,48)(H,39,52)(H,50,51)(H,40,41,42)/t22-,25?/m0/s1. The van der Waals surface area contributed by atoms with E-state index in [9.17, 15) is 53.1 Å². The number of aromatic carboxylic acids is 1. The smallest absolute Gasteiger partial charge is 0.534 e. The van der Waals surface area contributed by atoms with E-state index < -0.39 is 88.1 Å². The number of carbonyl (C=O) groups is 5. The molecule has 4 heterocycles. The Balaban J connectivity index is 1.05. The van der Waals surface area contributed by atoms with Crippen LogP contribution in [0.1, 0.15) is 50.7 Å². The minimum atomic E-state index is -1.95. The van der Waals surface area contributed by atoms with Gasteiger partial charge in [0.1, 0.15) is 28.7 Å². The number of carbonyl (C=O) groups excluding carboxylic acids is 4. The van der Waals surface area contributed by atoms with Gasteiger partial charge in [-0.05, 0) is 55.2 Å². The number of H-pyrrole nitrogens is 1. The molecule has 55 heavy (non-hydrogen) atoms. The topological polar surface area (TPSA) is 251 Å². The number of rotatable bonds is 7. The molecule has 0 spiro atoms. The van der Waals surface area contributed by atoms with E-state index in [0.29, 0.717) is 48.6 Å². The highest BCUT2D eigenvalue weighted by molar-refractivity contribution is 6.47. The largest absolute Gasteiger partial charge is 0.547 e. The van der Waals surface area contributed by atoms with Gasteiger partial charge in [-0.15, -0.1) is 5.10 Å². The molecule has 3 aliphatic rings. The maximum absolute atomic E-state index is 14.7. The summed E-state index contributed by atoms with van der Waals surface area (Å²) in [7, 11) is -1.93. The lowest BCUT2D eigenvalue weighted by Crippen LogP contribution is -2.56. The molecule has 286 valence electrons. The Labute approximate surface area is 313 Å². The van der Waals surface area contributed by atoms with E-state index in [0.717, 1.165) is 11.0 Å². The monoisotopic (exact) mass is 782 g/mol. The second-order valence-electron chi connectivity index (χ2n) is 13.1.